The van der Waals surface area contributed by atoms with E-state index in [4.69, 9.17) is 4.42 Å². The molecule has 2 heteroatoms. The van der Waals surface area contributed by atoms with Gasteiger partial charge in [-0.1, -0.05) is 167 Å². The molecule has 1 spiro atoms. The number of nitrogens with zero attached hydrogens (tertiary/aromatic N) is 1. The molecule has 1 aromatic heterocycles. The number of hydrogen-bond donors (Lipinski definition) is 0. The second-order valence-electron chi connectivity index (χ2n) is 17.2. The lowest BCUT2D eigenvalue weighted by atomic mass is 9.55. The lowest BCUT2D eigenvalue weighted by Crippen LogP contribution is -2.40. The molecular formula is C55H41NO. The number of furan rings is 1. The minimum Gasteiger partial charge on any atom is -0.454 e. The zero-order valence-electron chi connectivity index (χ0n) is 32.6. The zero-order chi connectivity index (χ0) is 38.3. The Bertz CT molecular complexity index is 3110. The standard InChI is InChI=1S/C55H41NO/c1-53(2)42-20-8-5-16-36(42)38-30-28-34(32-48(38)53)56(50-26-15-19-41-40-18-7-14-27-51(40)57-52(41)50)35-29-31-39-37-17-6-9-21-43(37)55(49(39)33-35)46-24-12-10-22-44(46)54(3,4)45-23-11-13-25-47(45)55/h5-33H,1-4H3. The summed E-state index contributed by atoms with van der Waals surface area (Å²) in [6.07, 6.45) is 0. The molecule has 3 aliphatic carbocycles. The van der Waals surface area contributed by atoms with E-state index in [-0.39, 0.29) is 10.8 Å². The van der Waals surface area contributed by atoms with Crippen LogP contribution in [0.3, 0.4) is 0 Å². The first-order valence-corrected chi connectivity index (χ1v) is 20.2. The Labute approximate surface area is 333 Å². The van der Waals surface area contributed by atoms with Gasteiger partial charge in [0, 0.05) is 33.0 Å². The van der Waals surface area contributed by atoms with E-state index in [9.17, 15) is 0 Å². The molecule has 2 nitrogen and oxygen atoms in total. The van der Waals surface area contributed by atoms with Gasteiger partial charge in [0.05, 0.1) is 11.1 Å². The summed E-state index contributed by atoms with van der Waals surface area (Å²) in [6.45, 7) is 9.50. The van der Waals surface area contributed by atoms with E-state index in [1.54, 1.807) is 0 Å². The Balaban J connectivity index is 1.17. The molecule has 9 aromatic rings. The van der Waals surface area contributed by atoms with Crippen molar-refractivity contribution >= 4 is 39.0 Å². The van der Waals surface area contributed by atoms with E-state index >= 15 is 0 Å². The van der Waals surface area contributed by atoms with Crippen molar-refractivity contribution in [3.8, 4) is 22.3 Å². The van der Waals surface area contributed by atoms with Crippen LogP contribution in [-0.2, 0) is 16.2 Å². The maximum Gasteiger partial charge on any atom is 0.159 e. The summed E-state index contributed by atoms with van der Waals surface area (Å²) in [5.41, 5.74) is 20.3. The van der Waals surface area contributed by atoms with Gasteiger partial charge < -0.3 is 9.32 Å². The summed E-state index contributed by atoms with van der Waals surface area (Å²) in [5, 5.41) is 2.24. The number of fused-ring (bicyclic) bond motifs is 15. The molecule has 1 heterocycles. The molecule has 0 saturated carbocycles. The summed E-state index contributed by atoms with van der Waals surface area (Å²) in [5.74, 6) is 0. The van der Waals surface area contributed by atoms with Crippen molar-refractivity contribution in [2.75, 3.05) is 4.90 Å². The molecule has 0 N–H and O–H groups in total. The van der Waals surface area contributed by atoms with E-state index in [2.05, 4.69) is 209 Å². The van der Waals surface area contributed by atoms with E-state index in [1.165, 1.54) is 66.8 Å². The fourth-order valence-corrected chi connectivity index (χ4v) is 11.2. The molecule has 57 heavy (non-hydrogen) atoms. The van der Waals surface area contributed by atoms with Crippen molar-refractivity contribution in [3.63, 3.8) is 0 Å². The molecule has 0 aliphatic heterocycles. The molecule has 8 aromatic carbocycles. The van der Waals surface area contributed by atoms with Crippen LogP contribution in [0.4, 0.5) is 17.1 Å². The lowest BCUT2D eigenvalue weighted by molar-refractivity contribution is 0.563. The Kier molecular flexibility index (Phi) is 6.42. The predicted molar refractivity (Wildman–Crippen MR) is 235 cm³/mol. The number of hydrogen-bond acceptors (Lipinski definition) is 2. The number of anilines is 3. The average Bonchev–Trinajstić information content (AvgIpc) is 3.85. The van der Waals surface area contributed by atoms with E-state index in [0.717, 1.165) is 39.0 Å². The van der Waals surface area contributed by atoms with Crippen molar-refractivity contribution < 1.29 is 4.42 Å². The Hall–Kier alpha value is -6.64. The van der Waals surface area contributed by atoms with E-state index in [0.29, 0.717) is 0 Å². The van der Waals surface area contributed by atoms with Crippen LogP contribution in [0.1, 0.15) is 72.2 Å². The minimum atomic E-state index is -0.497. The van der Waals surface area contributed by atoms with Crippen LogP contribution < -0.4 is 4.90 Å². The van der Waals surface area contributed by atoms with E-state index < -0.39 is 5.41 Å². The van der Waals surface area contributed by atoms with Gasteiger partial charge in [0.1, 0.15) is 5.58 Å². The normalized spacial score (nSPS) is 15.8. The van der Waals surface area contributed by atoms with Gasteiger partial charge in [-0.05, 0) is 103 Å². The lowest BCUT2D eigenvalue weighted by Gasteiger charge is -2.46. The van der Waals surface area contributed by atoms with Gasteiger partial charge in [-0.15, -0.1) is 0 Å². The smallest absolute Gasteiger partial charge is 0.159 e. The van der Waals surface area contributed by atoms with Crippen molar-refractivity contribution in [1.29, 1.82) is 0 Å². The van der Waals surface area contributed by atoms with Crippen molar-refractivity contribution in [2.45, 2.75) is 43.9 Å². The van der Waals surface area contributed by atoms with Gasteiger partial charge >= 0.3 is 0 Å². The molecule has 0 unspecified atom stereocenters. The molecule has 0 atom stereocenters. The first-order chi connectivity index (χ1) is 27.8. The highest BCUT2D eigenvalue weighted by Crippen LogP contribution is 2.63. The maximum absolute atomic E-state index is 6.82. The van der Waals surface area contributed by atoms with Crippen LogP contribution in [0, 0.1) is 0 Å². The highest BCUT2D eigenvalue weighted by molar-refractivity contribution is 6.10. The third kappa shape index (κ3) is 4.10. The van der Waals surface area contributed by atoms with Crippen molar-refractivity contribution in [2.24, 2.45) is 0 Å². The second kappa shape index (κ2) is 11.2. The van der Waals surface area contributed by atoms with Crippen LogP contribution in [-0.4, -0.2) is 0 Å². The van der Waals surface area contributed by atoms with Gasteiger partial charge in [-0.2, -0.15) is 0 Å². The van der Waals surface area contributed by atoms with Crippen LogP contribution in [0.2, 0.25) is 0 Å². The molecule has 3 aliphatic rings. The zero-order valence-corrected chi connectivity index (χ0v) is 32.6. The van der Waals surface area contributed by atoms with Crippen LogP contribution in [0.25, 0.3) is 44.2 Å². The van der Waals surface area contributed by atoms with Crippen molar-refractivity contribution in [1.82, 2.24) is 0 Å². The van der Waals surface area contributed by atoms with Gasteiger partial charge in [-0.25, -0.2) is 0 Å². The summed E-state index contributed by atoms with van der Waals surface area (Å²) >= 11 is 0. The summed E-state index contributed by atoms with van der Waals surface area (Å²) in [7, 11) is 0. The summed E-state index contributed by atoms with van der Waals surface area (Å²) in [6, 6.07) is 65.6. The number of rotatable bonds is 3. The molecular weight excluding hydrogens is 691 g/mol. The number of para-hydroxylation sites is 2. The quantitative estimate of drug-likeness (QED) is 0.180. The monoisotopic (exact) mass is 731 g/mol. The molecule has 0 fully saturated rings. The minimum absolute atomic E-state index is 0.148. The van der Waals surface area contributed by atoms with Gasteiger partial charge in [0.25, 0.3) is 0 Å². The summed E-state index contributed by atoms with van der Waals surface area (Å²) < 4.78 is 6.82. The van der Waals surface area contributed by atoms with Crippen molar-refractivity contribution in [3.05, 3.63) is 220 Å². The molecule has 0 amide bonds. The molecule has 272 valence electrons. The van der Waals surface area contributed by atoms with Crippen LogP contribution in [0.5, 0.6) is 0 Å². The third-order valence-electron chi connectivity index (χ3n) is 13.7. The fourth-order valence-electron chi connectivity index (χ4n) is 11.2. The third-order valence-corrected chi connectivity index (χ3v) is 13.7. The molecule has 0 radical (unpaired) electrons. The predicted octanol–water partition coefficient (Wildman–Crippen LogP) is 14.4. The Morgan fingerprint density at radius 2 is 0.842 bits per heavy atom. The second-order valence-corrected chi connectivity index (χ2v) is 17.2. The maximum atomic E-state index is 6.82. The molecule has 12 rings (SSSR count). The Morgan fingerprint density at radius 1 is 0.368 bits per heavy atom. The average molecular weight is 732 g/mol. The Morgan fingerprint density at radius 3 is 1.53 bits per heavy atom. The highest BCUT2D eigenvalue weighted by Gasteiger charge is 2.53. The van der Waals surface area contributed by atoms with E-state index in [1.807, 2.05) is 0 Å². The number of benzene rings is 8. The fraction of sp³-hybridized carbons (Fsp3) is 0.127. The largest absolute Gasteiger partial charge is 0.454 e. The van der Waals surface area contributed by atoms with Crippen LogP contribution >= 0.6 is 0 Å². The summed E-state index contributed by atoms with van der Waals surface area (Å²) in [4.78, 5) is 2.45. The van der Waals surface area contributed by atoms with Crippen LogP contribution in [0.15, 0.2) is 180 Å². The van der Waals surface area contributed by atoms with Gasteiger partial charge in [-0.3, -0.25) is 0 Å². The molecule has 0 bridgehead atoms. The SMILES string of the molecule is CC1(C)c2ccccc2-c2ccc(N(c3ccc4c(c3)C3(c5ccccc5-4)c4ccccc4C(C)(C)c4ccccc43)c3cccc4c3oc3ccccc34)cc21. The first kappa shape index (κ1) is 32.6. The first-order valence-electron chi connectivity index (χ1n) is 20.2. The molecule has 0 saturated heterocycles. The van der Waals surface area contributed by atoms with Gasteiger partial charge in [0.15, 0.2) is 5.58 Å². The highest BCUT2D eigenvalue weighted by atomic mass is 16.3. The topological polar surface area (TPSA) is 16.4 Å². The van der Waals surface area contributed by atoms with Gasteiger partial charge in [0.2, 0.25) is 0 Å².